The van der Waals surface area contributed by atoms with Crippen molar-refractivity contribution in [2.24, 2.45) is 5.41 Å². The summed E-state index contributed by atoms with van der Waals surface area (Å²) in [6.45, 7) is 3.57. The first-order chi connectivity index (χ1) is 9.98. The van der Waals surface area contributed by atoms with Crippen LogP contribution in [0.3, 0.4) is 0 Å². The molecule has 114 valence electrons. The van der Waals surface area contributed by atoms with Crippen molar-refractivity contribution in [3.05, 3.63) is 28.2 Å². The quantitative estimate of drug-likeness (QED) is 0.759. The van der Waals surface area contributed by atoms with Gasteiger partial charge in [0.2, 0.25) is 5.91 Å². The molecule has 1 aliphatic heterocycles. The van der Waals surface area contributed by atoms with Gasteiger partial charge in [0.25, 0.3) is 0 Å². The summed E-state index contributed by atoms with van der Waals surface area (Å²) in [5.74, 6) is -1.05. The summed E-state index contributed by atoms with van der Waals surface area (Å²) in [6.07, 6.45) is 2.57. The van der Waals surface area contributed by atoms with Crippen LogP contribution < -0.4 is 10.6 Å². The van der Waals surface area contributed by atoms with E-state index in [0.717, 1.165) is 25.8 Å². The zero-order valence-electron chi connectivity index (χ0n) is 11.9. The zero-order valence-corrected chi connectivity index (χ0v) is 13.5. The van der Waals surface area contributed by atoms with Crippen molar-refractivity contribution in [3.8, 4) is 0 Å². The lowest BCUT2D eigenvalue weighted by Crippen LogP contribution is -2.38. The van der Waals surface area contributed by atoms with Crippen molar-refractivity contribution in [3.63, 3.8) is 0 Å². The molecule has 0 saturated carbocycles. The molecule has 1 atom stereocenters. The van der Waals surface area contributed by atoms with E-state index in [4.69, 9.17) is 5.11 Å². The summed E-state index contributed by atoms with van der Waals surface area (Å²) < 4.78 is 0.679. The second kappa shape index (κ2) is 6.58. The maximum atomic E-state index is 12.6. The third-order valence-corrected chi connectivity index (χ3v) is 4.61. The Labute approximate surface area is 132 Å². The molecule has 0 aromatic heterocycles. The fourth-order valence-electron chi connectivity index (χ4n) is 2.75. The molecule has 0 aliphatic carbocycles. The smallest absolute Gasteiger partial charge is 0.335 e. The van der Waals surface area contributed by atoms with Gasteiger partial charge in [-0.15, -0.1) is 0 Å². The number of carboxylic acid groups (broad SMARTS) is 1. The molecule has 0 bridgehead atoms. The molecule has 1 heterocycles. The van der Waals surface area contributed by atoms with Crippen LogP contribution in [0, 0.1) is 5.41 Å². The monoisotopic (exact) mass is 354 g/mol. The first kappa shape index (κ1) is 16.0. The van der Waals surface area contributed by atoms with Gasteiger partial charge in [0.05, 0.1) is 16.7 Å². The van der Waals surface area contributed by atoms with Gasteiger partial charge in [-0.3, -0.25) is 4.79 Å². The highest BCUT2D eigenvalue weighted by atomic mass is 79.9. The van der Waals surface area contributed by atoms with Crippen molar-refractivity contribution in [2.75, 3.05) is 18.4 Å². The van der Waals surface area contributed by atoms with E-state index in [2.05, 4.69) is 33.5 Å². The summed E-state index contributed by atoms with van der Waals surface area (Å²) in [5.41, 5.74) is 0.262. The van der Waals surface area contributed by atoms with Crippen LogP contribution >= 0.6 is 15.9 Å². The van der Waals surface area contributed by atoms with E-state index in [-0.39, 0.29) is 11.5 Å². The van der Waals surface area contributed by atoms with E-state index in [9.17, 15) is 9.59 Å². The minimum absolute atomic E-state index is 0.0439. The Morgan fingerprint density at radius 3 is 2.81 bits per heavy atom. The van der Waals surface area contributed by atoms with E-state index in [0.29, 0.717) is 16.7 Å². The van der Waals surface area contributed by atoms with E-state index in [1.54, 1.807) is 6.07 Å². The molecule has 1 unspecified atom stereocenters. The number of carbonyl (C=O) groups is 2. The van der Waals surface area contributed by atoms with Gasteiger partial charge >= 0.3 is 5.97 Å². The normalized spacial score (nSPS) is 21.2. The highest BCUT2D eigenvalue weighted by Gasteiger charge is 2.40. The molecule has 1 fully saturated rings. The van der Waals surface area contributed by atoms with Gasteiger partial charge in [-0.2, -0.15) is 0 Å². The van der Waals surface area contributed by atoms with Gasteiger partial charge in [0.1, 0.15) is 0 Å². The summed E-state index contributed by atoms with van der Waals surface area (Å²) in [7, 11) is 0. The van der Waals surface area contributed by atoms with Gasteiger partial charge in [-0.1, -0.05) is 13.3 Å². The Hall–Kier alpha value is -1.40. The van der Waals surface area contributed by atoms with Crippen LogP contribution in [0.2, 0.25) is 0 Å². The SMILES string of the molecule is CCCC1(C(=O)Nc2cc(C(=O)O)ccc2Br)CCNC1. The Morgan fingerprint density at radius 1 is 1.48 bits per heavy atom. The molecular formula is C15H19BrN2O3. The average Bonchev–Trinajstić information content (AvgIpc) is 2.91. The van der Waals surface area contributed by atoms with Crippen molar-refractivity contribution in [1.29, 1.82) is 0 Å². The van der Waals surface area contributed by atoms with Gasteiger partial charge < -0.3 is 15.7 Å². The largest absolute Gasteiger partial charge is 0.478 e. The van der Waals surface area contributed by atoms with E-state index < -0.39 is 11.4 Å². The van der Waals surface area contributed by atoms with Crippen molar-refractivity contribution in [2.45, 2.75) is 26.2 Å². The molecule has 2 rings (SSSR count). The van der Waals surface area contributed by atoms with Crippen LogP contribution in [0.1, 0.15) is 36.5 Å². The number of carboxylic acids is 1. The number of aromatic carboxylic acids is 1. The predicted octanol–water partition coefficient (Wildman–Crippen LogP) is 2.87. The summed E-state index contributed by atoms with van der Waals surface area (Å²) in [5, 5.41) is 15.2. The fraction of sp³-hybridized carbons (Fsp3) is 0.467. The van der Waals surface area contributed by atoms with Crippen molar-refractivity contribution < 1.29 is 14.7 Å². The van der Waals surface area contributed by atoms with Crippen LogP contribution in [0.4, 0.5) is 5.69 Å². The third-order valence-electron chi connectivity index (χ3n) is 3.92. The third kappa shape index (κ3) is 3.44. The number of carbonyl (C=O) groups excluding carboxylic acids is 1. The molecule has 1 amide bonds. The topological polar surface area (TPSA) is 78.4 Å². The molecule has 5 nitrogen and oxygen atoms in total. The van der Waals surface area contributed by atoms with Crippen molar-refractivity contribution in [1.82, 2.24) is 5.32 Å². The molecule has 3 N–H and O–H groups in total. The van der Waals surface area contributed by atoms with Crippen LogP contribution in [0.15, 0.2) is 22.7 Å². The Morgan fingerprint density at radius 2 is 2.24 bits per heavy atom. The Balaban J connectivity index is 2.22. The second-order valence-corrected chi connectivity index (χ2v) is 6.27. The minimum Gasteiger partial charge on any atom is -0.478 e. The highest BCUT2D eigenvalue weighted by Crippen LogP contribution is 2.34. The standard InChI is InChI=1S/C15H19BrN2O3/c1-2-5-15(6-7-17-9-15)14(21)18-12-8-10(13(19)20)3-4-11(12)16/h3-4,8,17H,2,5-7,9H2,1H3,(H,18,21)(H,19,20). The number of hydrogen-bond donors (Lipinski definition) is 3. The maximum absolute atomic E-state index is 12.6. The fourth-order valence-corrected chi connectivity index (χ4v) is 3.10. The zero-order chi connectivity index (χ0) is 15.5. The lowest BCUT2D eigenvalue weighted by atomic mass is 9.81. The number of benzene rings is 1. The first-order valence-electron chi connectivity index (χ1n) is 7.03. The number of hydrogen-bond acceptors (Lipinski definition) is 3. The van der Waals surface area contributed by atoms with Crippen LogP contribution in [-0.4, -0.2) is 30.1 Å². The van der Waals surface area contributed by atoms with Crippen molar-refractivity contribution >= 4 is 33.5 Å². The summed E-state index contributed by atoms with van der Waals surface area (Å²) in [6, 6.07) is 4.62. The Kier molecular flexibility index (Phi) is 5.00. The number of rotatable bonds is 5. The number of amides is 1. The summed E-state index contributed by atoms with van der Waals surface area (Å²) in [4.78, 5) is 23.7. The van der Waals surface area contributed by atoms with Gasteiger partial charge in [0.15, 0.2) is 0 Å². The van der Waals surface area contributed by atoms with E-state index in [1.165, 1.54) is 12.1 Å². The Bertz CT molecular complexity index is 554. The second-order valence-electron chi connectivity index (χ2n) is 5.41. The molecule has 6 heteroatoms. The van der Waals surface area contributed by atoms with Gasteiger partial charge in [-0.05, 0) is 53.5 Å². The molecule has 1 saturated heterocycles. The summed E-state index contributed by atoms with van der Waals surface area (Å²) >= 11 is 3.35. The van der Waals surface area contributed by atoms with Crippen LogP contribution in [-0.2, 0) is 4.79 Å². The maximum Gasteiger partial charge on any atom is 0.335 e. The first-order valence-corrected chi connectivity index (χ1v) is 7.83. The molecule has 0 spiro atoms. The molecule has 0 radical (unpaired) electrons. The highest BCUT2D eigenvalue weighted by molar-refractivity contribution is 9.10. The molecular weight excluding hydrogens is 336 g/mol. The molecule has 1 aromatic carbocycles. The molecule has 1 aliphatic rings. The molecule has 21 heavy (non-hydrogen) atoms. The van der Waals surface area contributed by atoms with Gasteiger partial charge in [0, 0.05) is 11.0 Å². The molecule has 1 aromatic rings. The van der Waals surface area contributed by atoms with E-state index in [1.807, 2.05) is 0 Å². The lowest BCUT2D eigenvalue weighted by Gasteiger charge is -2.26. The lowest BCUT2D eigenvalue weighted by molar-refractivity contribution is -0.125. The minimum atomic E-state index is -1.01. The number of anilines is 1. The average molecular weight is 355 g/mol. The van der Waals surface area contributed by atoms with Crippen LogP contribution in [0.25, 0.3) is 0 Å². The predicted molar refractivity (Wildman–Crippen MR) is 84.6 cm³/mol. The van der Waals surface area contributed by atoms with Gasteiger partial charge in [-0.25, -0.2) is 4.79 Å². The number of halogens is 1. The van der Waals surface area contributed by atoms with Crippen LogP contribution in [0.5, 0.6) is 0 Å². The number of nitrogens with one attached hydrogen (secondary N) is 2. The van der Waals surface area contributed by atoms with E-state index >= 15 is 0 Å².